The minimum atomic E-state index is -0.0700. The van der Waals surface area contributed by atoms with E-state index < -0.39 is 0 Å². The van der Waals surface area contributed by atoms with Gasteiger partial charge in [0.05, 0.1) is 0 Å². The highest BCUT2D eigenvalue weighted by Crippen LogP contribution is 2.36. The van der Waals surface area contributed by atoms with Gasteiger partial charge in [-0.25, -0.2) is 0 Å². The predicted octanol–water partition coefficient (Wildman–Crippen LogP) is 5.79. The molecule has 1 aromatic rings. The van der Waals surface area contributed by atoms with Crippen molar-refractivity contribution in [3.8, 4) is 0 Å². The van der Waals surface area contributed by atoms with Crippen LogP contribution in [-0.4, -0.2) is 10.2 Å². The molecule has 0 saturated heterocycles. The first-order valence-electron chi connectivity index (χ1n) is 9.13. The molecule has 22 heavy (non-hydrogen) atoms. The standard InChI is InChI=1S/C19H34N2O/c1-18(2,3)16-20-21-17(22-16)19(4,5)14-15-12-10-8-6-7-9-11-13-15/h15H,6-14H2,1-5H3. The average molecular weight is 306 g/mol. The summed E-state index contributed by atoms with van der Waals surface area (Å²) >= 11 is 0. The molecule has 1 saturated carbocycles. The van der Waals surface area contributed by atoms with E-state index in [0.29, 0.717) is 0 Å². The fraction of sp³-hybridized carbons (Fsp3) is 0.895. The molecule has 0 amide bonds. The number of aromatic nitrogens is 2. The number of nitrogens with zero attached hydrogens (tertiary/aromatic N) is 2. The molecule has 126 valence electrons. The number of rotatable bonds is 3. The predicted molar refractivity (Wildman–Crippen MR) is 91.1 cm³/mol. The SMILES string of the molecule is CC(C)(C)c1nnc(C(C)(C)CC2CCCCCCCC2)o1. The Labute approximate surface area is 136 Å². The number of hydrogen-bond donors (Lipinski definition) is 0. The summed E-state index contributed by atoms with van der Waals surface area (Å²) < 4.78 is 6.01. The lowest BCUT2D eigenvalue weighted by molar-refractivity contribution is 0.257. The maximum atomic E-state index is 6.01. The van der Waals surface area contributed by atoms with E-state index in [1.54, 1.807) is 0 Å². The van der Waals surface area contributed by atoms with E-state index in [-0.39, 0.29) is 10.8 Å². The third kappa shape index (κ3) is 4.82. The maximum absolute atomic E-state index is 6.01. The molecule has 0 aromatic carbocycles. The first kappa shape index (κ1) is 17.5. The lowest BCUT2D eigenvalue weighted by atomic mass is 9.79. The molecule has 3 nitrogen and oxygen atoms in total. The van der Waals surface area contributed by atoms with Crippen LogP contribution < -0.4 is 0 Å². The van der Waals surface area contributed by atoms with Gasteiger partial charge in [-0.3, -0.25) is 0 Å². The van der Waals surface area contributed by atoms with Gasteiger partial charge in [-0.05, 0) is 12.3 Å². The lowest BCUT2D eigenvalue weighted by Gasteiger charge is -2.27. The van der Waals surface area contributed by atoms with E-state index in [1.807, 2.05) is 0 Å². The van der Waals surface area contributed by atoms with Gasteiger partial charge in [0.1, 0.15) is 0 Å². The van der Waals surface area contributed by atoms with Gasteiger partial charge in [0.15, 0.2) is 0 Å². The van der Waals surface area contributed by atoms with Crippen LogP contribution in [0.1, 0.15) is 104 Å². The van der Waals surface area contributed by atoms with Gasteiger partial charge >= 0.3 is 0 Å². The normalized spacial score (nSPS) is 19.5. The van der Waals surface area contributed by atoms with E-state index in [0.717, 1.165) is 17.7 Å². The van der Waals surface area contributed by atoms with Gasteiger partial charge in [-0.15, -0.1) is 10.2 Å². The molecule has 1 aromatic heterocycles. The van der Waals surface area contributed by atoms with Gasteiger partial charge in [0, 0.05) is 10.8 Å². The van der Waals surface area contributed by atoms with Crippen molar-refractivity contribution in [1.82, 2.24) is 10.2 Å². The Kier molecular flexibility index (Phi) is 5.68. The average Bonchev–Trinajstić information content (AvgIpc) is 2.92. The Balaban J connectivity index is 2.03. The van der Waals surface area contributed by atoms with Crippen molar-refractivity contribution in [2.75, 3.05) is 0 Å². The third-order valence-electron chi connectivity index (χ3n) is 4.92. The summed E-state index contributed by atoms with van der Waals surface area (Å²) in [5, 5.41) is 8.64. The molecule has 2 rings (SSSR count). The van der Waals surface area contributed by atoms with Gasteiger partial charge in [-0.2, -0.15) is 0 Å². The second-order valence-corrected chi connectivity index (χ2v) is 8.82. The Morgan fingerprint density at radius 3 is 1.82 bits per heavy atom. The summed E-state index contributed by atoms with van der Waals surface area (Å²) in [4.78, 5) is 0. The molecule has 0 aliphatic heterocycles. The summed E-state index contributed by atoms with van der Waals surface area (Å²) in [5.74, 6) is 2.38. The van der Waals surface area contributed by atoms with Crippen molar-refractivity contribution < 1.29 is 4.42 Å². The van der Waals surface area contributed by atoms with Crippen LogP contribution in [0.5, 0.6) is 0 Å². The highest BCUT2D eigenvalue weighted by molar-refractivity contribution is 5.03. The van der Waals surface area contributed by atoms with E-state index in [4.69, 9.17) is 4.42 Å². The van der Waals surface area contributed by atoms with Gasteiger partial charge in [0.25, 0.3) is 0 Å². The molecule has 1 aliphatic rings. The fourth-order valence-electron chi connectivity index (χ4n) is 3.53. The van der Waals surface area contributed by atoms with Crippen LogP contribution in [0.2, 0.25) is 0 Å². The summed E-state index contributed by atoms with van der Waals surface area (Å²) in [6.45, 7) is 10.9. The van der Waals surface area contributed by atoms with Crippen molar-refractivity contribution in [3.05, 3.63) is 11.8 Å². The molecule has 1 heterocycles. The summed E-state index contributed by atoms with van der Waals surface area (Å²) in [5.41, 5.74) is -0.0886. The smallest absolute Gasteiger partial charge is 0.222 e. The molecule has 0 spiro atoms. The Morgan fingerprint density at radius 1 is 0.818 bits per heavy atom. The van der Waals surface area contributed by atoms with Crippen molar-refractivity contribution in [1.29, 1.82) is 0 Å². The monoisotopic (exact) mass is 306 g/mol. The van der Waals surface area contributed by atoms with Crippen LogP contribution >= 0.6 is 0 Å². The summed E-state index contributed by atoms with van der Waals surface area (Å²) in [6.07, 6.45) is 12.3. The van der Waals surface area contributed by atoms with E-state index >= 15 is 0 Å². The van der Waals surface area contributed by atoms with Gasteiger partial charge in [0.2, 0.25) is 11.8 Å². The third-order valence-corrected chi connectivity index (χ3v) is 4.92. The first-order chi connectivity index (χ1) is 10.3. The van der Waals surface area contributed by atoms with Crippen LogP contribution in [0, 0.1) is 5.92 Å². The first-order valence-corrected chi connectivity index (χ1v) is 9.13. The van der Waals surface area contributed by atoms with Crippen molar-refractivity contribution in [3.63, 3.8) is 0 Å². The molecule has 0 N–H and O–H groups in total. The summed E-state index contributed by atoms with van der Waals surface area (Å²) in [7, 11) is 0. The van der Waals surface area contributed by atoms with Crippen LogP contribution in [0.4, 0.5) is 0 Å². The Bertz CT molecular complexity index is 446. The molecule has 0 atom stereocenters. The second-order valence-electron chi connectivity index (χ2n) is 8.82. The van der Waals surface area contributed by atoms with E-state index in [1.165, 1.54) is 57.8 Å². The Morgan fingerprint density at radius 2 is 1.32 bits per heavy atom. The maximum Gasteiger partial charge on any atom is 0.222 e. The van der Waals surface area contributed by atoms with Crippen LogP contribution in [0.15, 0.2) is 4.42 Å². The molecular weight excluding hydrogens is 272 g/mol. The van der Waals surface area contributed by atoms with Crippen LogP contribution in [0.3, 0.4) is 0 Å². The molecular formula is C19H34N2O. The zero-order valence-electron chi connectivity index (χ0n) is 15.2. The van der Waals surface area contributed by atoms with E-state index in [2.05, 4.69) is 44.8 Å². The molecule has 1 fully saturated rings. The van der Waals surface area contributed by atoms with Crippen molar-refractivity contribution >= 4 is 0 Å². The minimum Gasteiger partial charge on any atom is -0.424 e. The van der Waals surface area contributed by atoms with Crippen LogP contribution in [0.25, 0.3) is 0 Å². The van der Waals surface area contributed by atoms with Gasteiger partial charge < -0.3 is 4.42 Å². The number of hydrogen-bond acceptors (Lipinski definition) is 3. The van der Waals surface area contributed by atoms with Crippen LogP contribution in [-0.2, 0) is 10.8 Å². The molecule has 0 radical (unpaired) electrons. The van der Waals surface area contributed by atoms with Crippen molar-refractivity contribution in [2.45, 2.75) is 103 Å². The lowest BCUT2D eigenvalue weighted by Crippen LogP contribution is -2.22. The zero-order chi connectivity index (χ0) is 16.2. The van der Waals surface area contributed by atoms with Gasteiger partial charge in [-0.1, -0.05) is 86.0 Å². The topological polar surface area (TPSA) is 38.9 Å². The molecule has 0 unspecified atom stereocenters. The van der Waals surface area contributed by atoms with Crippen molar-refractivity contribution in [2.24, 2.45) is 5.92 Å². The Hall–Kier alpha value is -0.860. The minimum absolute atomic E-state index is 0.0186. The second kappa shape index (κ2) is 7.14. The molecule has 0 bridgehead atoms. The largest absolute Gasteiger partial charge is 0.424 e. The molecule has 3 heteroatoms. The molecule has 1 aliphatic carbocycles. The zero-order valence-corrected chi connectivity index (χ0v) is 15.2. The highest BCUT2D eigenvalue weighted by atomic mass is 16.4. The summed E-state index contributed by atoms with van der Waals surface area (Å²) in [6, 6.07) is 0. The fourth-order valence-corrected chi connectivity index (χ4v) is 3.53. The quantitative estimate of drug-likeness (QED) is 0.710. The highest BCUT2D eigenvalue weighted by Gasteiger charge is 2.32. The van der Waals surface area contributed by atoms with E-state index in [9.17, 15) is 0 Å².